The number of benzene rings is 2. The molecule has 6 nitrogen and oxygen atoms in total. The largest absolute Gasteiger partial charge is 0.493 e. The second kappa shape index (κ2) is 9.26. The van der Waals surface area contributed by atoms with Gasteiger partial charge in [-0.15, -0.1) is 0 Å². The number of hydrogen-bond donors (Lipinski definition) is 0. The Morgan fingerprint density at radius 2 is 1.54 bits per heavy atom. The van der Waals surface area contributed by atoms with Crippen LogP contribution in [0.5, 0.6) is 11.5 Å². The van der Waals surface area contributed by atoms with Crippen molar-refractivity contribution in [2.24, 2.45) is 0 Å². The zero-order valence-electron chi connectivity index (χ0n) is 16.4. The Morgan fingerprint density at radius 1 is 0.857 bits per heavy atom. The second-order valence-corrected chi connectivity index (χ2v) is 6.76. The van der Waals surface area contributed by atoms with E-state index < -0.39 is 0 Å². The lowest BCUT2D eigenvalue weighted by Crippen LogP contribution is -2.38. The Morgan fingerprint density at radius 3 is 2.25 bits per heavy atom. The third-order valence-electron chi connectivity index (χ3n) is 4.96. The summed E-state index contributed by atoms with van der Waals surface area (Å²) in [6.45, 7) is 2.36. The summed E-state index contributed by atoms with van der Waals surface area (Å²) in [4.78, 5) is 29.2. The quantitative estimate of drug-likeness (QED) is 0.798. The topological polar surface area (TPSA) is 59.1 Å². The van der Waals surface area contributed by atoms with Gasteiger partial charge in [-0.3, -0.25) is 9.59 Å². The summed E-state index contributed by atoms with van der Waals surface area (Å²) in [5.41, 5.74) is 1.57. The Balaban J connectivity index is 1.63. The highest BCUT2D eigenvalue weighted by Gasteiger charge is 2.23. The van der Waals surface area contributed by atoms with E-state index in [1.165, 1.54) is 0 Å². The van der Waals surface area contributed by atoms with Gasteiger partial charge in [-0.25, -0.2) is 0 Å². The molecule has 6 heteroatoms. The van der Waals surface area contributed by atoms with Crippen LogP contribution in [-0.2, 0) is 11.2 Å². The van der Waals surface area contributed by atoms with Gasteiger partial charge in [-0.2, -0.15) is 0 Å². The van der Waals surface area contributed by atoms with Crippen LogP contribution in [-0.4, -0.2) is 62.0 Å². The third-order valence-corrected chi connectivity index (χ3v) is 4.96. The molecule has 0 atom stereocenters. The molecule has 0 aromatic heterocycles. The molecule has 28 heavy (non-hydrogen) atoms. The van der Waals surface area contributed by atoms with Gasteiger partial charge in [0.25, 0.3) is 5.91 Å². The van der Waals surface area contributed by atoms with Gasteiger partial charge < -0.3 is 19.3 Å². The van der Waals surface area contributed by atoms with Crippen molar-refractivity contribution >= 4 is 11.8 Å². The summed E-state index contributed by atoms with van der Waals surface area (Å²) in [6, 6.07) is 14.9. The fourth-order valence-electron chi connectivity index (χ4n) is 3.40. The van der Waals surface area contributed by atoms with E-state index in [1.54, 1.807) is 37.3 Å². The van der Waals surface area contributed by atoms with Crippen LogP contribution >= 0.6 is 0 Å². The zero-order valence-corrected chi connectivity index (χ0v) is 16.4. The van der Waals surface area contributed by atoms with Crippen LogP contribution in [0.15, 0.2) is 48.5 Å². The number of carbonyl (C=O) groups is 2. The van der Waals surface area contributed by atoms with Gasteiger partial charge >= 0.3 is 0 Å². The first-order valence-electron chi connectivity index (χ1n) is 9.45. The van der Waals surface area contributed by atoms with Crippen molar-refractivity contribution in [3.8, 4) is 11.5 Å². The fraction of sp³-hybridized carbons (Fsp3) is 0.364. The maximum Gasteiger partial charge on any atom is 0.254 e. The van der Waals surface area contributed by atoms with E-state index in [1.807, 2.05) is 35.2 Å². The minimum Gasteiger partial charge on any atom is -0.493 e. The van der Waals surface area contributed by atoms with E-state index in [9.17, 15) is 9.59 Å². The summed E-state index contributed by atoms with van der Waals surface area (Å²) < 4.78 is 10.5. The molecule has 0 bridgehead atoms. The van der Waals surface area contributed by atoms with Gasteiger partial charge in [0.2, 0.25) is 5.91 Å². The molecular weight excluding hydrogens is 356 g/mol. The highest BCUT2D eigenvalue weighted by atomic mass is 16.5. The Hall–Kier alpha value is -3.02. The predicted octanol–water partition coefficient (Wildman–Crippen LogP) is 2.62. The number of methoxy groups -OCH3 is 2. The number of ether oxygens (including phenoxy) is 2. The maximum atomic E-state index is 12.9. The van der Waals surface area contributed by atoms with Crippen LogP contribution < -0.4 is 9.47 Å². The van der Waals surface area contributed by atoms with Crippen LogP contribution in [0, 0.1) is 0 Å². The van der Waals surface area contributed by atoms with Crippen LogP contribution in [0.25, 0.3) is 0 Å². The van der Waals surface area contributed by atoms with Crippen molar-refractivity contribution in [2.75, 3.05) is 40.4 Å². The lowest BCUT2D eigenvalue weighted by molar-refractivity contribution is -0.130. The molecule has 148 valence electrons. The molecule has 1 aliphatic rings. The summed E-state index contributed by atoms with van der Waals surface area (Å²) in [6.07, 6.45) is 1.16. The van der Waals surface area contributed by atoms with Crippen molar-refractivity contribution in [1.29, 1.82) is 0 Å². The maximum absolute atomic E-state index is 12.9. The number of rotatable bonds is 5. The average molecular weight is 382 g/mol. The summed E-state index contributed by atoms with van der Waals surface area (Å²) >= 11 is 0. The molecular formula is C22H26N2O4. The Bertz CT molecular complexity index is 823. The molecule has 1 saturated heterocycles. The fourth-order valence-corrected chi connectivity index (χ4v) is 3.40. The van der Waals surface area contributed by atoms with E-state index in [0.29, 0.717) is 49.7 Å². The SMILES string of the molecule is COc1ccc(C(=O)N2CCCN(C(=O)Cc3ccccc3)CC2)cc1OC. The predicted molar refractivity (Wildman–Crippen MR) is 107 cm³/mol. The first kappa shape index (κ1) is 19.7. The average Bonchev–Trinajstić information content (AvgIpc) is 3.00. The Kier molecular flexibility index (Phi) is 6.53. The van der Waals surface area contributed by atoms with Gasteiger partial charge in [-0.05, 0) is 30.2 Å². The normalized spacial score (nSPS) is 14.4. The van der Waals surface area contributed by atoms with Crippen LogP contribution in [0.1, 0.15) is 22.3 Å². The number of amides is 2. The molecule has 0 aliphatic carbocycles. The first-order valence-corrected chi connectivity index (χ1v) is 9.45. The molecule has 1 aliphatic heterocycles. The molecule has 0 radical (unpaired) electrons. The summed E-state index contributed by atoms with van der Waals surface area (Å²) in [5, 5.41) is 0. The number of carbonyl (C=O) groups excluding carboxylic acids is 2. The minimum atomic E-state index is -0.0571. The first-order chi connectivity index (χ1) is 13.6. The molecule has 0 saturated carbocycles. The second-order valence-electron chi connectivity index (χ2n) is 6.76. The van der Waals surface area contributed by atoms with Crippen molar-refractivity contribution < 1.29 is 19.1 Å². The molecule has 0 unspecified atom stereocenters. The molecule has 1 heterocycles. The van der Waals surface area contributed by atoms with Crippen molar-refractivity contribution in [1.82, 2.24) is 9.80 Å². The van der Waals surface area contributed by atoms with Crippen LogP contribution in [0.2, 0.25) is 0 Å². The van der Waals surface area contributed by atoms with E-state index in [4.69, 9.17) is 9.47 Å². The van der Waals surface area contributed by atoms with Gasteiger partial charge in [0.15, 0.2) is 11.5 Å². The van der Waals surface area contributed by atoms with Gasteiger partial charge in [0.1, 0.15) is 0 Å². The zero-order chi connectivity index (χ0) is 19.9. The molecule has 0 N–H and O–H groups in total. The summed E-state index contributed by atoms with van der Waals surface area (Å²) in [7, 11) is 3.11. The lowest BCUT2D eigenvalue weighted by atomic mass is 10.1. The molecule has 3 rings (SSSR count). The van der Waals surface area contributed by atoms with E-state index in [0.717, 1.165) is 12.0 Å². The van der Waals surface area contributed by atoms with Crippen LogP contribution in [0.3, 0.4) is 0 Å². The van der Waals surface area contributed by atoms with Crippen LogP contribution in [0.4, 0.5) is 0 Å². The Labute approximate surface area is 165 Å². The molecule has 2 aromatic rings. The van der Waals surface area contributed by atoms with E-state index in [-0.39, 0.29) is 11.8 Å². The number of hydrogen-bond acceptors (Lipinski definition) is 4. The smallest absolute Gasteiger partial charge is 0.254 e. The number of nitrogens with zero attached hydrogens (tertiary/aromatic N) is 2. The van der Waals surface area contributed by atoms with E-state index in [2.05, 4.69) is 0 Å². The van der Waals surface area contributed by atoms with Gasteiger partial charge in [0.05, 0.1) is 20.6 Å². The van der Waals surface area contributed by atoms with Gasteiger partial charge in [0, 0.05) is 31.7 Å². The summed E-state index contributed by atoms with van der Waals surface area (Å²) in [5.74, 6) is 1.17. The standard InChI is InChI=1S/C22H26N2O4/c1-27-19-10-9-18(16-20(19)28-2)22(26)24-12-6-11-23(13-14-24)21(25)15-17-7-4-3-5-8-17/h3-5,7-10,16H,6,11-15H2,1-2H3. The van der Waals surface area contributed by atoms with Crippen molar-refractivity contribution in [3.63, 3.8) is 0 Å². The van der Waals surface area contributed by atoms with Gasteiger partial charge in [-0.1, -0.05) is 30.3 Å². The molecule has 1 fully saturated rings. The van der Waals surface area contributed by atoms with Crippen molar-refractivity contribution in [2.45, 2.75) is 12.8 Å². The third kappa shape index (κ3) is 4.63. The highest BCUT2D eigenvalue weighted by Crippen LogP contribution is 2.28. The highest BCUT2D eigenvalue weighted by molar-refractivity contribution is 5.95. The minimum absolute atomic E-state index is 0.0571. The lowest BCUT2D eigenvalue weighted by Gasteiger charge is -2.22. The van der Waals surface area contributed by atoms with Crippen molar-refractivity contribution in [3.05, 3.63) is 59.7 Å². The monoisotopic (exact) mass is 382 g/mol. The molecule has 2 aromatic carbocycles. The van der Waals surface area contributed by atoms with E-state index >= 15 is 0 Å². The molecule has 2 amide bonds. The molecule has 0 spiro atoms.